The molecule has 0 aliphatic rings. The van der Waals surface area contributed by atoms with E-state index in [1.165, 1.54) is 0 Å². The monoisotopic (exact) mass is 655 g/mol. The van der Waals surface area contributed by atoms with Gasteiger partial charge in [-0.05, 0) is 61.2 Å². The first-order valence-corrected chi connectivity index (χ1v) is 16.4. The topological polar surface area (TPSA) is 105 Å². The van der Waals surface area contributed by atoms with Crippen molar-refractivity contribution in [3.8, 4) is 17.2 Å². The van der Waals surface area contributed by atoms with Gasteiger partial charge in [0, 0.05) is 40.7 Å². The number of carbonyl (C=O) groups excluding carboxylic acids is 3. The standard InChI is InChI=1S/C42H41NO6/c1-4-31-15-16-33(24-41(31)49-28(2)3)38(45)21-34-18-17-32(23-39(34)47-26-29-11-7-5-8-12-29)37(44)22-35-19-20-36(42(43)46)25-40(35)48-27-30-13-9-6-10-14-30/h5-20,23-25,28H,4,21-22,26-27H2,1-3H3,(H2,43,46). The van der Waals surface area contributed by atoms with Crippen molar-refractivity contribution in [2.75, 3.05) is 0 Å². The van der Waals surface area contributed by atoms with E-state index in [1.54, 1.807) is 36.4 Å². The number of Topliss-reactive ketones (excluding diaryl/α,β-unsaturated/α-hetero) is 2. The average molecular weight is 656 g/mol. The van der Waals surface area contributed by atoms with Crippen LogP contribution in [-0.2, 0) is 32.5 Å². The zero-order valence-electron chi connectivity index (χ0n) is 28.1. The summed E-state index contributed by atoms with van der Waals surface area (Å²) in [6, 6.07) is 35.0. The van der Waals surface area contributed by atoms with Gasteiger partial charge in [-0.25, -0.2) is 0 Å². The molecule has 7 nitrogen and oxygen atoms in total. The van der Waals surface area contributed by atoms with Crippen molar-refractivity contribution in [1.82, 2.24) is 0 Å². The molecule has 0 fully saturated rings. The minimum absolute atomic E-state index is 0.0158. The molecule has 49 heavy (non-hydrogen) atoms. The van der Waals surface area contributed by atoms with Gasteiger partial charge in [0.05, 0.1) is 6.10 Å². The molecule has 0 atom stereocenters. The van der Waals surface area contributed by atoms with Crippen LogP contribution in [-0.4, -0.2) is 23.6 Å². The number of amides is 1. The molecule has 250 valence electrons. The Labute approximate surface area is 287 Å². The van der Waals surface area contributed by atoms with Gasteiger partial charge in [0.25, 0.3) is 0 Å². The van der Waals surface area contributed by atoms with Gasteiger partial charge in [-0.15, -0.1) is 0 Å². The predicted octanol–water partition coefficient (Wildman–Crippen LogP) is 8.14. The molecule has 0 saturated heterocycles. The lowest BCUT2D eigenvalue weighted by atomic mass is 9.96. The van der Waals surface area contributed by atoms with Crippen LogP contribution < -0.4 is 19.9 Å². The molecule has 0 heterocycles. The van der Waals surface area contributed by atoms with Gasteiger partial charge in [0.1, 0.15) is 30.5 Å². The fraction of sp³-hybridized carbons (Fsp3) is 0.214. The predicted molar refractivity (Wildman–Crippen MR) is 191 cm³/mol. The highest BCUT2D eigenvalue weighted by Crippen LogP contribution is 2.29. The van der Waals surface area contributed by atoms with Crippen molar-refractivity contribution in [3.05, 3.63) is 160 Å². The molecular formula is C42H41NO6. The van der Waals surface area contributed by atoms with Crippen molar-refractivity contribution in [2.45, 2.75) is 59.4 Å². The quantitative estimate of drug-likeness (QED) is 0.108. The van der Waals surface area contributed by atoms with E-state index in [9.17, 15) is 14.4 Å². The van der Waals surface area contributed by atoms with Crippen molar-refractivity contribution < 1.29 is 28.6 Å². The summed E-state index contributed by atoms with van der Waals surface area (Å²) in [6.45, 7) is 6.50. The third kappa shape index (κ3) is 9.45. The molecule has 0 spiro atoms. The first-order chi connectivity index (χ1) is 23.7. The maximum atomic E-state index is 13.7. The minimum Gasteiger partial charge on any atom is -0.491 e. The van der Waals surface area contributed by atoms with E-state index in [2.05, 4.69) is 6.92 Å². The Kier molecular flexibility index (Phi) is 11.6. The lowest BCUT2D eigenvalue weighted by molar-refractivity contribution is 0.0985. The summed E-state index contributed by atoms with van der Waals surface area (Å²) >= 11 is 0. The molecule has 5 rings (SSSR count). The van der Waals surface area contributed by atoms with Crippen LogP contribution in [0.2, 0.25) is 0 Å². The molecule has 7 heteroatoms. The van der Waals surface area contributed by atoms with Gasteiger partial charge >= 0.3 is 0 Å². The van der Waals surface area contributed by atoms with Gasteiger partial charge < -0.3 is 19.9 Å². The molecule has 2 N–H and O–H groups in total. The summed E-state index contributed by atoms with van der Waals surface area (Å²) in [5.41, 5.74) is 11.0. The number of ketones is 2. The Morgan fingerprint density at radius 1 is 0.571 bits per heavy atom. The van der Waals surface area contributed by atoms with Crippen molar-refractivity contribution >= 4 is 17.5 Å². The lowest BCUT2D eigenvalue weighted by Crippen LogP contribution is -2.13. The van der Waals surface area contributed by atoms with Crippen molar-refractivity contribution in [1.29, 1.82) is 0 Å². The third-order valence-corrected chi connectivity index (χ3v) is 8.05. The maximum absolute atomic E-state index is 13.7. The molecule has 5 aromatic carbocycles. The summed E-state index contributed by atoms with van der Waals surface area (Å²) in [5.74, 6) is 0.723. The van der Waals surface area contributed by atoms with Gasteiger partial charge in [0.2, 0.25) is 5.91 Å². The number of carbonyl (C=O) groups is 3. The minimum atomic E-state index is -0.585. The number of ether oxygens (including phenoxy) is 3. The second-order valence-electron chi connectivity index (χ2n) is 12.1. The van der Waals surface area contributed by atoms with E-state index in [1.807, 2.05) is 92.7 Å². The Morgan fingerprint density at radius 3 is 1.45 bits per heavy atom. The SMILES string of the molecule is CCc1ccc(C(=O)Cc2ccc(C(=O)Cc3ccc(C(N)=O)cc3OCc3ccccc3)cc2OCc2ccccc2)cc1OC(C)C. The van der Waals surface area contributed by atoms with E-state index >= 15 is 0 Å². The molecule has 1 amide bonds. The third-order valence-electron chi connectivity index (χ3n) is 8.05. The maximum Gasteiger partial charge on any atom is 0.248 e. The second kappa shape index (κ2) is 16.4. The number of nitrogens with two attached hydrogens (primary N) is 1. The highest BCUT2D eigenvalue weighted by molar-refractivity contribution is 6.00. The largest absolute Gasteiger partial charge is 0.491 e. The van der Waals surface area contributed by atoms with Crippen LogP contribution in [0.25, 0.3) is 0 Å². The zero-order chi connectivity index (χ0) is 34.8. The molecule has 5 aromatic rings. The molecule has 0 bridgehead atoms. The highest BCUT2D eigenvalue weighted by atomic mass is 16.5. The molecular weight excluding hydrogens is 614 g/mol. The molecule has 0 radical (unpaired) electrons. The normalized spacial score (nSPS) is 10.9. The van der Waals surface area contributed by atoms with Crippen molar-refractivity contribution in [2.24, 2.45) is 5.73 Å². The van der Waals surface area contributed by atoms with Gasteiger partial charge in [-0.1, -0.05) is 97.9 Å². The van der Waals surface area contributed by atoms with Gasteiger partial charge in [0.15, 0.2) is 11.6 Å². The fourth-order valence-electron chi connectivity index (χ4n) is 5.40. The summed E-state index contributed by atoms with van der Waals surface area (Å²) in [4.78, 5) is 39.3. The Balaban J connectivity index is 1.40. The molecule has 0 unspecified atom stereocenters. The number of aryl methyl sites for hydroxylation is 1. The van der Waals surface area contributed by atoms with Crippen LogP contribution in [0.1, 0.15) is 79.7 Å². The number of hydrogen-bond acceptors (Lipinski definition) is 6. The zero-order valence-corrected chi connectivity index (χ0v) is 28.1. The van der Waals surface area contributed by atoms with E-state index in [-0.39, 0.29) is 49.3 Å². The number of benzene rings is 5. The second-order valence-corrected chi connectivity index (χ2v) is 12.1. The molecule has 0 saturated carbocycles. The Hall–Kier alpha value is -5.69. The lowest BCUT2D eigenvalue weighted by Gasteiger charge is -2.16. The van der Waals surface area contributed by atoms with Crippen LogP contribution in [0.3, 0.4) is 0 Å². The average Bonchev–Trinajstić information content (AvgIpc) is 3.11. The van der Waals surface area contributed by atoms with E-state index in [0.717, 1.165) is 23.1 Å². The van der Waals surface area contributed by atoms with Crippen LogP contribution in [0.4, 0.5) is 0 Å². The number of rotatable bonds is 16. The number of primary amides is 1. The Bertz CT molecular complexity index is 1920. The van der Waals surface area contributed by atoms with Gasteiger partial charge in [-0.3, -0.25) is 14.4 Å². The van der Waals surface area contributed by atoms with Crippen LogP contribution in [0, 0.1) is 0 Å². The smallest absolute Gasteiger partial charge is 0.248 e. The first-order valence-electron chi connectivity index (χ1n) is 16.4. The molecule has 0 aromatic heterocycles. The van der Waals surface area contributed by atoms with E-state index < -0.39 is 5.91 Å². The summed E-state index contributed by atoms with van der Waals surface area (Å²) in [7, 11) is 0. The summed E-state index contributed by atoms with van der Waals surface area (Å²) in [5, 5.41) is 0. The van der Waals surface area contributed by atoms with Crippen LogP contribution in [0.5, 0.6) is 17.2 Å². The summed E-state index contributed by atoms with van der Waals surface area (Å²) < 4.78 is 18.3. The number of hydrogen-bond donors (Lipinski definition) is 1. The first kappa shape index (κ1) is 34.6. The molecule has 0 aliphatic heterocycles. The fourth-order valence-corrected chi connectivity index (χ4v) is 5.40. The van der Waals surface area contributed by atoms with Gasteiger partial charge in [-0.2, -0.15) is 0 Å². The van der Waals surface area contributed by atoms with Crippen LogP contribution in [0.15, 0.2) is 115 Å². The van der Waals surface area contributed by atoms with Crippen LogP contribution >= 0.6 is 0 Å². The van der Waals surface area contributed by atoms with E-state index in [0.29, 0.717) is 39.5 Å². The highest BCUT2D eigenvalue weighted by Gasteiger charge is 2.19. The molecule has 0 aliphatic carbocycles. The van der Waals surface area contributed by atoms with Crippen molar-refractivity contribution in [3.63, 3.8) is 0 Å². The summed E-state index contributed by atoms with van der Waals surface area (Å²) in [6.07, 6.45) is 0.866. The Morgan fingerprint density at radius 2 is 1.00 bits per heavy atom. The van der Waals surface area contributed by atoms with E-state index in [4.69, 9.17) is 19.9 Å².